The van der Waals surface area contributed by atoms with Crippen molar-refractivity contribution in [3.63, 3.8) is 0 Å². The highest BCUT2D eigenvalue weighted by Crippen LogP contribution is 2.41. The Bertz CT molecular complexity index is 811. The molecule has 2 aromatic carbocycles. The maximum absolute atomic E-state index is 6.21. The van der Waals surface area contributed by atoms with Gasteiger partial charge in [-0.3, -0.25) is 0 Å². The first kappa shape index (κ1) is 20.0. The van der Waals surface area contributed by atoms with Crippen LogP contribution < -0.4 is 10.8 Å². The second kappa shape index (κ2) is 7.18. The summed E-state index contributed by atoms with van der Waals surface area (Å²) >= 11 is 6.14. The molecule has 0 atom stereocenters. The maximum Gasteiger partial charge on any atom is 0.494 e. The van der Waals surface area contributed by atoms with Gasteiger partial charge < -0.3 is 14.6 Å². The van der Waals surface area contributed by atoms with Gasteiger partial charge in [-0.2, -0.15) is 0 Å². The fourth-order valence-corrected chi connectivity index (χ4v) is 4.43. The van der Waals surface area contributed by atoms with Gasteiger partial charge in [0.2, 0.25) is 0 Å². The first-order valence-electron chi connectivity index (χ1n) is 10.2. The summed E-state index contributed by atoms with van der Waals surface area (Å²) in [5.74, 6) is 0. The van der Waals surface area contributed by atoms with Gasteiger partial charge in [-0.05, 0) is 82.3 Å². The Morgan fingerprint density at radius 2 is 1.25 bits per heavy atom. The third-order valence-corrected chi connectivity index (χ3v) is 7.09. The van der Waals surface area contributed by atoms with E-state index in [2.05, 4.69) is 69.4 Å². The van der Waals surface area contributed by atoms with Gasteiger partial charge in [0.25, 0.3) is 0 Å². The average molecular weight is 398 g/mol. The number of hydrogen-bond donors (Lipinski definition) is 1. The van der Waals surface area contributed by atoms with Crippen LogP contribution in [0.4, 0.5) is 0 Å². The molecule has 0 unspecified atom stereocenters. The number of piperidine rings is 1. The van der Waals surface area contributed by atoms with Gasteiger partial charge in [0.05, 0.1) is 11.2 Å². The van der Waals surface area contributed by atoms with Crippen molar-refractivity contribution in [3.8, 4) is 0 Å². The van der Waals surface area contributed by atoms with Gasteiger partial charge in [-0.1, -0.05) is 48.0 Å². The summed E-state index contributed by atoms with van der Waals surface area (Å²) in [5.41, 5.74) is 3.12. The predicted octanol–water partition coefficient (Wildman–Crippen LogP) is 4.31. The van der Waals surface area contributed by atoms with Gasteiger partial charge in [0.15, 0.2) is 0 Å². The van der Waals surface area contributed by atoms with E-state index in [1.807, 2.05) is 12.1 Å². The van der Waals surface area contributed by atoms with Gasteiger partial charge >= 0.3 is 7.12 Å². The predicted molar refractivity (Wildman–Crippen MR) is 116 cm³/mol. The van der Waals surface area contributed by atoms with Crippen LogP contribution in [-0.4, -0.2) is 31.4 Å². The molecule has 0 spiro atoms. The molecule has 0 amide bonds. The van der Waals surface area contributed by atoms with Gasteiger partial charge in [-0.15, -0.1) is 0 Å². The number of nitrogens with one attached hydrogen (secondary N) is 1. The van der Waals surface area contributed by atoms with Crippen molar-refractivity contribution < 1.29 is 9.31 Å². The molecule has 2 aromatic rings. The van der Waals surface area contributed by atoms with Crippen LogP contribution in [0.2, 0.25) is 5.02 Å². The standard InChI is InChI=1S/C23H29BClNO2/c1-21(2)22(3,4)28-24(27-21)19-9-5-17(6-10-19)23(13-15-26-16-14-23)18-7-11-20(25)12-8-18/h5-12,26H,13-16H2,1-4H3. The highest BCUT2D eigenvalue weighted by molar-refractivity contribution is 6.62. The zero-order valence-electron chi connectivity index (χ0n) is 17.2. The molecule has 0 aliphatic carbocycles. The van der Waals surface area contributed by atoms with E-state index >= 15 is 0 Å². The van der Waals surface area contributed by atoms with Crippen LogP contribution in [-0.2, 0) is 14.7 Å². The molecule has 2 heterocycles. The fourth-order valence-electron chi connectivity index (χ4n) is 4.30. The lowest BCUT2D eigenvalue weighted by molar-refractivity contribution is 0.00578. The van der Waals surface area contributed by atoms with Gasteiger partial charge in [-0.25, -0.2) is 0 Å². The smallest absolute Gasteiger partial charge is 0.399 e. The van der Waals surface area contributed by atoms with Crippen LogP contribution in [0, 0.1) is 0 Å². The molecule has 0 saturated carbocycles. The Morgan fingerprint density at radius 1 is 0.786 bits per heavy atom. The summed E-state index contributed by atoms with van der Waals surface area (Å²) in [6.45, 7) is 10.4. The van der Waals surface area contributed by atoms with Crippen molar-refractivity contribution in [2.45, 2.75) is 57.2 Å². The summed E-state index contributed by atoms with van der Waals surface area (Å²) in [6.07, 6.45) is 2.15. The Labute approximate surface area is 173 Å². The zero-order chi connectivity index (χ0) is 20.0. The van der Waals surface area contributed by atoms with Crippen LogP contribution in [0.3, 0.4) is 0 Å². The second-order valence-corrected chi connectivity index (χ2v) is 9.49. The molecular formula is C23H29BClNO2. The molecule has 1 N–H and O–H groups in total. The van der Waals surface area contributed by atoms with E-state index in [4.69, 9.17) is 20.9 Å². The molecule has 2 saturated heterocycles. The topological polar surface area (TPSA) is 30.5 Å². The monoisotopic (exact) mass is 397 g/mol. The maximum atomic E-state index is 6.21. The van der Waals surface area contributed by atoms with Crippen molar-refractivity contribution in [1.82, 2.24) is 5.32 Å². The van der Waals surface area contributed by atoms with E-state index in [9.17, 15) is 0 Å². The minimum atomic E-state index is -0.324. The van der Waals surface area contributed by atoms with Crippen molar-refractivity contribution >= 4 is 24.2 Å². The first-order chi connectivity index (χ1) is 13.2. The SMILES string of the molecule is CC1(C)OB(c2ccc(C3(c4ccc(Cl)cc4)CCNCC3)cc2)OC1(C)C. The summed E-state index contributed by atoms with van der Waals surface area (Å²) in [4.78, 5) is 0. The van der Waals surface area contributed by atoms with E-state index in [0.717, 1.165) is 36.4 Å². The van der Waals surface area contributed by atoms with Crippen molar-refractivity contribution in [3.05, 3.63) is 64.7 Å². The van der Waals surface area contributed by atoms with Crippen LogP contribution in [0.15, 0.2) is 48.5 Å². The Morgan fingerprint density at radius 3 is 1.75 bits per heavy atom. The highest BCUT2D eigenvalue weighted by Gasteiger charge is 2.51. The Balaban J connectivity index is 1.65. The normalized spacial score (nSPS) is 23.0. The quantitative estimate of drug-likeness (QED) is 0.783. The number of benzene rings is 2. The van der Waals surface area contributed by atoms with E-state index < -0.39 is 0 Å². The molecule has 3 nitrogen and oxygen atoms in total. The van der Waals surface area contributed by atoms with Crippen molar-refractivity contribution in [2.75, 3.05) is 13.1 Å². The number of hydrogen-bond acceptors (Lipinski definition) is 3. The lowest BCUT2D eigenvalue weighted by atomic mass is 9.67. The number of rotatable bonds is 3. The van der Waals surface area contributed by atoms with Crippen LogP contribution in [0.5, 0.6) is 0 Å². The lowest BCUT2D eigenvalue weighted by Crippen LogP contribution is -2.41. The summed E-state index contributed by atoms with van der Waals surface area (Å²) in [5, 5.41) is 4.28. The Hall–Kier alpha value is -1.33. The highest BCUT2D eigenvalue weighted by atomic mass is 35.5. The molecule has 0 radical (unpaired) electrons. The van der Waals surface area contributed by atoms with Crippen LogP contribution in [0.1, 0.15) is 51.7 Å². The third kappa shape index (κ3) is 3.41. The second-order valence-electron chi connectivity index (χ2n) is 9.05. The molecule has 2 aliphatic heterocycles. The summed E-state index contributed by atoms with van der Waals surface area (Å²) in [6, 6.07) is 17.2. The number of halogens is 1. The summed E-state index contributed by atoms with van der Waals surface area (Å²) < 4.78 is 12.4. The van der Waals surface area contributed by atoms with Crippen molar-refractivity contribution in [1.29, 1.82) is 0 Å². The van der Waals surface area contributed by atoms with E-state index in [1.165, 1.54) is 11.1 Å². The molecule has 4 rings (SSSR count). The minimum absolute atomic E-state index is 0.0182. The zero-order valence-corrected chi connectivity index (χ0v) is 18.0. The van der Waals surface area contributed by atoms with Gasteiger partial charge in [0.1, 0.15) is 0 Å². The first-order valence-corrected chi connectivity index (χ1v) is 10.5. The largest absolute Gasteiger partial charge is 0.494 e. The molecule has 2 fully saturated rings. The third-order valence-electron chi connectivity index (χ3n) is 6.84. The summed E-state index contributed by atoms with van der Waals surface area (Å²) in [7, 11) is -0.321. The molecule has 0 bridgehead atoms. The van der Waals surface area contributed by atoms with Crippen LogP contribution >= 0.6 is 11.6 Å². The van der Waals surface area contributed by atoms with Crippen LogP contribution in [0.25, 0.3) is 0 Å². The van der Waals surface area contributed by atoms with Crippen molar-refractivity contribution in [2.24, 2.45) is 0 Å². The Kier molecular flexibility index (Phi) is 5.12. The molecule has 148 valence electrons. The van der Waals surface area contributed by atoms with E-state index in [-0.39, 0.29) is 23.7 Å². The lowest BCUT2D eigenvalue weighted by Gasteiger charge is -2.39. The van der Waals surface area contributed by atoms with E-state index in [0.29, 0.717) is 0 Å². The minimum Gasteiger partial charge on any atom is -0.399 e. The molecule has 5 heteroatoms. The molecule has 2 aliphatic rings. The van der Waals surface area contributed by atoms with E-state index in [1.54, 1.807) is 0 Å². The molecular weight excluding hydrogens is 369 g/mol. The molecule has 28 heavy (non-hydrogen) atoms. The fraction of sp³-hybridized carbons (Fsp3) is 0.478. The van der Waals surface area contributed by atoms with Gasteiger partial charge in [0, 0.05) is 10.4 Å². The molecule has 0 aromatic heterocycles. The average Bonchev–Trinajstić information content (AvgIpc) is 2.90.